The average Bonchev–Trinajstić information content (AvgIpc) is 2.18. The Kier molecular flexibility index (Phi) is 3.54. The molecule has 0 fully saturated rings. The van der Waals surface area contributed by atoms with Crippen LogP contribution in [0.3, 0.4) is 0 Å². The van der Waals surface area contributed by atoms with Gasteiger partial charge in [-0.05, 0) is 27.6 Å². The Balaban J connectivity index is 2.97. The van der Waals surface area contributed by atoms with Crippen LogP contribution < -0.4 is 5.73 Å². The van der Waals surface area contributed by atoms with Crippen LogP contribution in [0.4, 0.5) is 0 Å². The number of nitrogens with two attached hydrogens (primary N) is 1. The smallest absolute Gasteiger partial charge is 0.320 e. The van der Waals surface area contributed by atoms with Crippen molar-refractivity contribution in [2.75, 3.05) is 0 Å². The number of carboxylic acid groups (broad SMARTS) is 1. The van der Waals surface area contributed by atoms with E-state index in [0.29, 0.717) is 10.0 Å². The molecule has 1 atom stereocenters. The number of halogens is 1. The van der Waals surface area contributed by atoms with Crippen LogP contribution in [-0.2, 0) is 11.2 Å². The molecule has 0 spiro atoms. The molecule has 0 aliphatic carbocycles. The quantitative estimate of drug-likeness (QED) is 0.612. The standard InChI is InChI=1S/C9H10BrNO4/c10-5-2-1-4(7(12)8(5)13)3-6(11)9(14)15/h1-2,6,12-13H,3,11H2,(H,14,15). The van der Waals surface area contributed by atoms with Crippen LogP contribution >= 0.6 is 15.9 Å². The molecule has 5 N–H and O–H groups in total. The van der Waals surface area contributed by atoms with Crippen molar-refractivity contribution in [3.8, 4) is 11.5 Å². The van der Waals surface area contributed by atoms with Crippen molar-refractivity contribution in [1.29, 1.82) is 0 Å². The van der Waals surface area contributed by atoms with Gasteiger partial charge in [0.05, 0.1) is 4.47 Å². The molecule has 0 aliphatic heterocycles. The Morgan fingerprint density at radius 1 is 1.40 bits per heavy atom. The molecule has 1 rings (SSSR count). The lowest BCUT2D eigenvalue weighted by Crippen LogP contribution is -2.32. The monoisotopic (exact) mass is 275 g/mol. The first kappa shape index (κ1) is 11.8. The first-order valence-electron chi connectivity index (χ1n) is 4.11. The molecule has 1 unspecified atom stereocenters. The van der Waals surface area contributed by atoms with E-state index in [1.165, 1.54) is 12.1 Å². The zero-order valence-corrected chi connectivity index (χ0v) is 9.23. The fraction of sp³-hybridized carbons (Fsp3) is 0.222. The third-order valence-corrected chi connectivity index (χ3v) is 2.58. The van der Waals surface area contributed by atoms with Gasteiger partial charge in [0.15, 0.2) is 11.5 Å². The van der Waals surface area contributed by atoms with E-state index in [9.17, 15) is 15.0 Å². The fourth-order valence-electron chi connectivity index (χ4n) is 1.09. The van der Waals surface area contributed by atoms with E-state index in [1.54, 1.807) is 0 Å². The zero-order chi connectivity index (χ0) is 11.6. The van der Waals surface area contributed by atoms with Gasteiger partial charge in [-0.2, -0.15) is 0 Å². The molecule has 6 heteroatoms. The van der Waals surface area contributed by atoms with Crippen molar-refractivity contribution >= 4 is 21.9 Å². The van der Waals surface area contributed by atoms with Crippen molar-refractivity contribution in [2.24, 2.45) is 5.73 Å². The summed E-state index contributed by atoms with van der Waals surface area (Å²) in [4.78, 5) is 10.5. The normalized spacial score (nSPS) is 12.4. The number of rotatable bonds is 3. The van der Waals surface area contributed by atoms with E-state index in [0.717, 1.165) is 0 Å². The van der Waals surface area contributed by atoms with Gasteiger partial charge in [-0.3, -0.25) is 4.79 Å². The molecule has 0 radical (unpaired) electrons. The van der Waals surface area contributed by atoms with Crippen LogP contribution in [0, 0.1) is 0 Å². The topological polar surface area (TPSA) is 104 Å². The summed E-state index contributed by atoms with van der Waals surface area (Å²) in [6.45, 7) is 0. The molecular formula is C9H10BrNO4. The minimum atomic E-state index is -1.16. The largest absolute Gasteiger partial charge is 0.504 e. The summed E-state index contributed by atoms with van der Waals surface area (Å²) in [6, 6.07) is 1.91. The third kappa shape index (κ3) is 2.60. The van der Waals surface area contributed by atoms with E-state index < -0.39 is 12.0 Å². The number of phenolic OH excluding ortho intramolecular Hbond substituents is 2. The first-order valence-corrected chi connectivity index (χ1v) is 4.90. The van der Waals surface area contributed by atoms with Gasteiger partial charge in [-0.1, -0.05) is 6.07 Å². The van der Waals surface area contributed by atoms with Crippen LogP contribution in [0.5, 0.6) is 11.5 Å². The van der Waals surface area contributed by atoms with Crippen molar-refractivity contribution in [3.05, 3.63) is 22.2 Å². The maximum absolute atomic E-state index is 10.5. The summed E-state index contributed by atoms with van der Waals surface area (Å²) >= 11 is 3.02. The Bertz CT molecular complexity index is 394. The predicted octanol–water partition coefficient (Wildman–Crippen LogP) is 0.815. The second kappa shape index (κ2) is 4.50. The van der Waals surface area contributed by atoms with Crippen LogP contribution in [0.2, 0.25) is 0 Å². The number of hydrogen-bond acceptors (Lipinski definition) is 4. The number of aromatic hydroxyl groups is 2. The lowest BCUT2D eigenvalue weighted by molar-refractivity contribution is -0.138. The summed E-state index contributed by atoms with van der Waals surface area (Å²) in [5.41, 5.74) is 5.60. The molecule has 1 aromatic rings. The third-order valence-electron chi connectivity index (χ3n) is 1.94. The summed E-state index contributed by atoms with van der Waals surface area (Å²) in [6.07, 6.45) is -0.0397. The number of hydrogen-bond donors (Lipinski definition) is 4. The molecule has 0 heterocycles. The summed E-state index contributed by atoms with van der Waals surface area (Å²) in [5, 5.41) is 27.4. The summed E-state index contributed by atoms with van der Waals surface area (Å²) < 4.78 is 0.340. The highest BCUT2D eigenvalue weighted by atomic mass is 79.9. The van der Waals surface area contributed by atoms with Crippen LogP contribution in [0.25, 0.3) is 0 Å². The predicted molar refractivity (Wildman–Crippen MR) is 56.8 cm³/mol. The van der Waals surface area contributed by atoms with Gasteiger partial charge in [0.25, 0.3) is 0 Å². The molecule has 5 nitrogen and oxygen atoms in total. The molecule has 0 aromatic heterocycles. The Hall–Kier alpha value is -1.27. The molecule has 0 aliphatic rings. The van der Waals surface area contributed by atoms with E-state index in [4.69, 9.17) is 10.8 Å². The fourth-order valence-corrected chi connectivity index (χ4v) is 1.41. The Morgan fingerprint density at radius 2 is 2.00 bits per heavy atom. The number of phenols is 2. The number of carboxylic acids is 1. The van der Waals surface area contributed by atoms with Gasteiger partial charge in [0.2, 0.25) is 0 Å². The van der Waals surface area contributed by atoms with Crippen molar-refractivity contribution in [1.82, 2.24) is 0 Å². The minimum absolute atomic E-state index is 0.0397. The molecule has 1 aromatic carbocycles. The first-order chi connectivity index (χ1) is 6.93. The molecule has 0 saturated carbocycles. The zero-order valence-electron chi connectivity index (χ0n) is 7.64. The molecule has 0 saturated heterocycles. The Labute approximate surface area is 94.3 Å². The van der Waals surface area contributed by atoms with Gasteiger partial charge in [0.1, 0.15) is 6.04 Å². The minimum Gasteiger partial charge on any atom is -0.504 e. The van der Waals surface area contributed by atoms with E-state index in [2.05, 4.69) is 15.9 Å². The van der Waals surface area contributed by atoms with Crippen LogP contribution in [-0.4, -0.2) is 27.3 Å². The van der Waals surface area contributed by atoms with Crippen LogP contribution in [0.1, 0.15) is 5.56 Å². The molecule has 0 bridgehead atoms. The van der Waals surface area contributed by atoms with Gasteiger partial charge >= 0.3 is 5.97 Å². The van der Waals surface area contributed by atoms with Crippen molar-refractivity contribution in [3.63, 3.8) is 0 Å². The molecule has 82 valence electrons. The van der Waals surface area contributed by atoms with E-state index in [-0.39, 0.29) is 17.9 Å². The summed E-state index contributed by atoms with van der Waals surface area (Å²) in [5.74, 6) is -1.82. The maximum atomic E-state index is 10.5. The summed E-state index contributed by atoms with van der Waals surface area (Å²) in [7, 11) is 0. The molecular weight excluding hydrogens is 266 g/mol. The average molecular weight is 276 g/mol. The Morgan fingerprint density at radius 3 is 2.53 bits per heavy atom. The van der Waals surface area contributed by atoms with E-state index in [1.807, 2.05) is 0 Å². The second-order valence-electron chi connectivity index (χ2n) is 3.05. The van der Waals surface area contributed by atoms with Gasteiger partial charge in [-0.25, -0.2) is 0 Å². The van der Waals surface area contributed by atoms with Gasteiger partial charge in [-0.15, -0.1) is 0 Å². The SMILES string of the molecule is NC(Cc1ccc(Br)c(O)c1O)C(=O)O. The lowest BCUT2D eigenvalue weighted by Gasteiger charge is -2.10. The van der Waals surface area contributed by atoms with Crippen LogP contribution in [0.15, 0.2) is 16.6 Å². The van der Waals surface area contributed by atoms with Crippen molar-refractivity contribution in [2.45, 2.75) is 12.5 Å². The highest BCUT2D eigenvalue weighted by Gasteiger charge is 2.17. The number of aliphatic carboxylic acids is 1. The van der Waals surface area contributed by atoms with Crippen molar-refractivity contribution < 1.29 is 20.1 Å². The van der Waals surface area contributed by atoms with Gasteiger partial charge in [0, 0.05) is 6.42 Å². The lowest BCUT2D eigenvalue weighted by atomic mass is 10.1. The maximum Gasteiger partial charge on any atom is 0.320 e. The number of carbonyl (C=O) groups is 1. The number of benzene rings is 1. The molecule has 0 amide bonds. The highest BCUT2D eigenvalue weighted by Crippen LogP contribution is 2.36. The molecule has 15 heavy (non-hydrogen) atoms. The van der Waals surface area contributed by atoms with E-state index >= 15 is 0 Å². The second-order valence-corrected chi connectivity index (χ2v) is 3.91. The van der Waals surface area contributed by atoms with Gasteiger partial charge < -0.3 is 21.1 Å². The highest BCUT2D eigenvalue weighted by molar-refractivity contribution is 9.10.